The maximum absolute atomic E-state index is 10.9. The van der Waals surface area contributed by atoms with Gasteiger partial charge in [-0.3, -0.25) is 4.68 Å². The number of aliphatic hydroxyl groups is 1. The second-order valence-electron chi connectivity index (χ2n) is 7.52. The highest BCUT2D eigenvalue weighted by Crippen LogP contribution is 2.43. The van der Waals surface area contributed by atoms with Crippen LogP contribution in [0.3, 0.4) is 0 Å². The fourth-order valence-electron chi connectivity index (χ4n) is 3.40. The Bertz CT molecular complexity index is 479. The molecule has 1 aromatic heterocycles. The molecular formula is C16H27ClN2O. The zero-order valence-electron chi connectivity index (χ0n) is 13.3. The Balaban J connectivity index is 2.07. The van der Waals surface area contributed by atoms with Crippen molar-refractivity contribution in [1.29, 1.82) is 0 Å². The lowest BCUT2D eigenvalue weighted by molar-refractivity contribution is -0.0246. The standard InChI is InChI=1S/C16H27ClN2O/c1-11-13(14(17)19(5)18-11)10-16(20)8-6-12(7-9-16)15(2,3)4/h12,20H,6-10H2,1-5H3. The van der Waals surface area contributed by atoms with E-state index >= 15 is 0 Å². The second-order valence-corrected chi connectivity index (χ2v) is 7.88. The van der Waals surface area contributed by atoms with Crippen LogP contribution in [-0.2, 0) is 13.5 Å². The van der Waals surface area contributed by atoms with E-state index in [-0.39, 0.29) is 0 Å². The third-order valence-electron chi connectivity index (χ3n) is 4.92. The van der Waals surface area contributed by atoms with Crippen LogP contribution in [0.4, 0.5) is 0 Å². The van der Waals surface area contributed by atoms with Gasteiger partial charge >= 0.3 is 0 Å². The highest BCUT2D eigenvalue weighted by molar-refractivity contribution is 6.30. The molecule has 4 heteroatoms. The molecule has 20 heavy (non-hydrogen) atoms. The zero-order chi connectivity index (χ0) is 15.1. The molecule has 0 saturated heterocycles. The van der Waals surface area contributed by atoms with Crippen molar-refractivity contribution in [2.24, 2.45) is 18.4 Å². The Hall–Kier alpha value is -0.540. The van der Waals surface area contributed by atoms with Crippen LogP contribution in [0.25, 0.3) is 0 Å². The summed E-state index contributed by atoms with van der Waals surface area (Å²) in [6.07, 6.45) is 4.54. The first-order valence-corrected chi connectivity index (χ1v) is 7.90. The summed E-state index contributed by atoms with van der Waals surface area (Å²) in [6.45, 7) is 8.85. The first-order chi connectivity index (χ1) is 9.12. The largest absolute Gasteiger partial charge is 0.390 e. The van der Waals surface area contributed by atoms with Crippen molar-refractivity contribution >= 4 is 11.6 Å². The molecule has 0 bridgehead atoms. The van der Waals surface area contributed by atoms with Gasteiger partial charge in [-0.2, -0.15) is 5.10 Å². The number of rotatable bonds is 2. The van der Waals surface area contributed by atoms with Crippen molar-refractivity contribution in [2.45, 2.75) is 65.4 Å². The smallest absolute Gasteiger partial charge is 0.130 e. The fourth-order valence-corrected chi connectivity index (χ4v) is 3.64. The molecule has 1 aliphatic rings. The van der Waals surface area contributed by atoms with E-state index in [1.54, 1.807) is 4.68 Å². The predicted octanol–water partition coefficient (Wildman–Crippen LogP) is 3.89. The second kappa shape index (κ2) is 5.34. The summed E-state index contributed by atoms with van der Waals surface area (Å²) in [4.78, 5) is 0. The SMILES string of the molecule is Cc1nn(C)c(Cl)c1CC1(O)CCC(C(C)(C)C)CC1. The zero-order valence-corrected chi connectivity index (χ0v) is 14.1. The van der Waals surface area contributed by atoms with Crippen molar-refractivity contribution < 1.29 is 5.11 Å². The minimum absolute atomic E-state index is 0.337. The first-order valence-electron chi connectivity index (χ1n) is 7.53. The number of hydrogen-bond donors (Lipinski definition) is 1. The van der Waals surface area contributed by atoms with Crippen LogP contribution in [0, 0.1) is 18.3 Å². The summed E-state index contributed by atoms with van der Waals surface area (Å²) in [5, 5.41) is 15.9. The molecule has 1 saturated carbocycles. The molecule has 0 unspecified atom stereocenters. The van der Waals surface area contributed by atoms with Gasteiger partial charge in [0.1, 0.15) is 5.15 Å². The van der Waals surface area contributed by atoms with E-state index in [0.717, 1.165) is 36.9 Å². The molecule has 0 aliphatic heterocycles. The van der Waals surface area contributed by atoms with E-state index in [9.17, 15) is 5.11 Å². The van der Waals surface area contributed by atoms with Gasteiger partial charge in [0.2, 0.25) is 0 Å². The Kier molecular flexibility index (Phi) is 4.23. The lowest BCUT2D eigenvalue weighted by Gasteiger charge is -2.41. The summed E-state index contributed by atoms with van der Waals surface area (Å²) in [6, 6.07) is 0. The lowest BCUT2D eigenvalue weighted by atomic mass is 9.67. The van der Waals surface area contributed by atoms with Crippen LogP contribution in [-0.4, -0.2) is 20.5 Å². The summed E-state index contributed by atoms with van der Waals surface area (Å²) in [5.41, 5.74) is 1.66. The van der Waals surface area contributed by atoms with Crippen LogP contribution in [0.5, 0.6) is 0 Å². The Morgan fingerprint density at radius 2 is 1.90 bits per heavy atom. The van der Waals surface area contributed by atoms with E-state index in [1.165, 1.54) is 0 Å². The number of aryl methyl sites for hydroxylation is 2. The van der Waals surface area contributed by atoms with E-state index < -0.39 is 5.60 Å². The maximum atomic E-state index is 10.9. The molecule has 0 amide bonds. The molecule has 1 fully saturated rings. The number of aromatic nitrogens is 2. The summed E-state index contributed by atoms with van der Waals surface area (Å²) < 4.78 is 1.69. The van der Waals surface area contributed by atoms with Gasteiger partial charge < -0.3 is 5.11 Å². The topological polar surface area (TPSA) is 38.0 Å². The van der Waals surface area contributed by atoms with Gasteiger partial charge in [-0.05, 0) is 43.9 Å². The first kappa shape index (κ1) is 15.8. The molecule has 1 heterocycles. The minimum Gasteiger partial charge on any atom is -0.390 e. The average Bonchev–Trinajstić information content (AvgIpc) is 2.55. The molecule has 0 radical (unpaired) electrons. The van der Waals surface area contributed by atoms with Gasteiger partial charge in [-0.1, -0.05) is 32.4 Å². The molecule has 0 spiro atoms. The lowest BCUT2D eigenvalue weighted by Crippen LogP contribution is -2.39. The van der Waals surface area contributed by atoms with Crippen LogP contribution in [0.15, 0.2) is 0 Å². The molecule has 1 aliphatic carbocycles. The highest BCUT2D eigenvalue weighted by Gasteiger charge is 2.38. The third kappa shape index (κ3) is 3.20. The van der Waals surface area contributed by atoms with Crippen molar-refractivity contribution in [3.63, 3.8) is 0 Å². The van der Waals surface area contributed by atoms with E-state index in [4.69, 9.17) is 11.6 Å². The molecule has 0 aromatic carbocycles. The number of halogens is 1. The highest BCUT2D eigenvalue weighted by atomic mass is 35.5. The van der Waals surface area contributed by atoms with Crippen LogP contribution >= 0.6 is 11.6 Å². The summed E-state index contributed by atoms with van der Waals surface area (Å²) in [5.74, 6) is 0.702. The van der Waals surface area contributed by atoms with Gasteiger partial charge in [0.25, 0.3) is 0 Å². The van der Waals surface area contributed by atoms with Crippen molar-refractivity contribution in [2.75, 3.05) is 0 Å². The van der Waals surface area contributed by atoms with Gasteiger partial charge in [0, 0.05) is 19.0 Å². The molecule has 3 nitrogen and oxygen atoms in total. The molecule has 1 aromatic rings. The molecule has 0 atom stereocenters. The summed E-state index contributed by atoms with van der Waals surface area (Å²) in [7, 11) is 1.85. The van der Waals surface area contributed by atoms with Gasteiger partial charge in [0.15, 0.2) is 0 Å². The molecular weight excluding hydrogens is 272 g/mol. The Morgan fingerprint density at radius 3 is 2.30 bits per heavy atom. The molecule has 1 N–H and O–H groups in total. The van der Waals surface area contributed by atoms with Crippen molar-refractivity contribution in [3.8, 4) is 0 Å². The van der Waals surface area contributed by atoms with Gasteiger partial charge in [-0.15, -0.1) is 0 Å². The molecule has 2 rings (SSSR count). The summed E-state index contributed by atoms with van der Waals surface area (Å²) >= 11 is 6.29. The Labute approximate surface area is 127 Å². The predicted molar refractivity (Wildman–Crippen MR) is 83.0 cm³/mol. The van der Waals surface area contributed by atoms with E-state index in [1.807, 2.05) is 14.0 Å². The Morgan fingerprint density at radius 1 is 1.35 bits per heavy atom. The van der Waals surface area contributed by atoms with Crippen LogP contribution in [0.2, 0.25) is 5.15 Å². The minimum atomic E-state index is -0.612. The monoisotopic (exact) mass is 298 g/mol. The van der Waals surface area contributed by atoms with Crippen molar-refractivity contribution in [3.05, 3.63) is 16.4 Å². The van der Waals surface area contributed by atoms with Crippen LogP contribution in [0.1, 0.15) is 57.7 Å². The van der Waals surface area contributed by atoms with Crippen molar-refractivity contribution in [1.82, 2.24) is 9.78 Å². The van der Waals surface area contributed by atoms with Crippen LogP contribution < -0.4 is 0 Å². The normalized spacial score (nSPS) is 27.9. The van der Waals surface area contributed by atoms with E-state index in [0.29, 0.717) is 22.9 Å². The quantitative estimate of drug-likeness (QED) is 0.899. The number of nitrogens with zero attached hydrogens (tertiary/aromatic N) is 2. The average molecular weight is 299 g/mol. The number of hydrogen-bond acceptors (Lipinski definition) is 2. The van der Waals surface area contributed by atoms with E-state index in [2.05, 4.69) is 25.9 Å². The third-order valence-corrected chi connectivity index (χ3v) is 5.39. The van der Waals surface area contributed by atoms with Gasteiger partial charge in [0.05, 0.1) is 11.3 Å². The fraction of sp³-hybridized carbons (Fsp3) is 0.812. The maximum Gasteiger partial charge on any atom is 0.130 e. The molecule has 114 valence electrons. The van der Waals surface area contributed by atoms with Gasteiger partial charge in [-0.25, -0.2) is 0 Å².